The monoisotopic (exact) mass is 423 g/mol. The smallest absolute Gasteiger partial charge is 0.321 e. The van der Waals surface area contributed by atoms with Gasteiger partial charge in [0.25, 0.3) is 5.91 Å². The summed E-state index contributed by atoms with van der Waals surface area (Å²) < 4.78 is 38.4. The maximum absolute atomic E-state index is 12.8. The van der Waals surface area contributed by atoms with Gasteiger partial charge in [0, 0.05) is 11.4 Å². The van der Waals surface area contributed by atoms with Gasteiger partial charge in [-0.1, -0.05) is 59.8 Å². The van der Waals surface area contributed by atoms with Crippen LogP contribution in [0.2, 0.25) is 5.02 Å². The molecular weight excluding hydrogens is 411 g/mol. The summed E-state index contributed by atoms with van der Waals surface area (Å²) in [5.41, 5.74) is 0.0804. The molecule has 0 fully saturated rings. The lowest BCUT2D eigenvalue weighted by molar-refractivity contribution is -0.137. The van der Waals surface area contributed by atoms with Crippen molar-refractivity contribution in [3.8, 4) is 0 Å². The summed E-state index contributed by atoms with van der Waals surface area (Å²) in [5, 5.41) is 2.73. The Morgan fingerprint density at radius 2 is 1.86 bits per heavy atom. The van der Waals surface area contributed by atoms with E-state index in [1.807, 2.05) is 30.3 Å². The topological polar surface area (TPSA) is 54.9 Å². The molecule has 1 heterocycles. The molecular formula is C19H13ClF3N3OS. The summed E-state index contributed by atoms with van der Waals surface area (Å²) in [6.45, 7) is 0. The molecule has 0 spiro atoms. The van der Waals surface area contributed by atoms with Crippen molar-refractivity contribution >= 4 is 35.0 Å². The highest BCUT2D eigenvalue weighted by atomic mass is 35.5. The summed E-state index contributed by atoms with van der Waals surface area (Å²) in [7, 11) is 0. The van der Waals surface area contributed by atoms with E-state index in [4.69, 9.17) is 11.6 Å². The third-order valence-corrected chi connectivity index (χ3v) is 4.80. The van der Waals surface area contributed by atoms with Gasteiger partial charge >= 0.3 is 6.18 Å². The van der Waals surface area contributed by atoms with Crippen molar-refractivity contribution in [2.75, 3.05) is 5.32 Å². The van der Waals surface area contributed by atoms with Gasteiger partial charge in [-0.3, -0.25) is 4.79 Å². The minimum Gasteiger partial charge on any atom is -0.321 e. The zero-order chi connectivity index (χ0) is 20.1. The van der Waals surface area contributed by atoms with Gasteiger partial charge in [-0.05, 0) is 23.8 Å². The summed E-state index contributed by atoms with van der Waals surface area (Å²) >= 11 is 7.32. The van der Waals surface area contributed by atoms with Crippen LogP contribution in [0.3, 0.4) is 0 Å². The number of nitrogens with one attached hydrogen (secondary N) is 1. The van der Waals surface area contributed by atoms with E-state index >= 15 is 0 Å². The highest BCUT2D eigenvalue weighted by Crippen LogP contribution is 2.31. The average molecular weight is 424 g/mol. The fourth-order valence-electron chi connectivity index (χ4n) is 2.27. The van der Waals surface area contributed by atoms with Gasteiger partial charge in [0.1, 0.15) is 0 Å². The highest BCUT2D eigenvalue weighted by Gasteiger charge is 2.30. The Kier molecular flexibility index (Phi) is 6.21. The number of hydrogen-bond acceptors (Lipinski definition) is 4. The molecule has 0 aliphatic rings. The molecule has 0 aliphatic heterocycles. The predicted molar refractivity (Wildman–Crippen MR) is 102 cm³/mol. The van der Waals surface area contributed by atoms with E-state index in [1.165, 1.54) is 30.1 Å². The van der Waals surface area contributed by atoms with Crippen LogP contribution in [-0.2, 0) is 11.9 Å². The van der Waals surface area contributed by atoms with Crippen LogP contribution in [0, 0.1) is 0 Å². The van der Waals surface area contributed by atoms with Crippen molar-refractivity contribution < 1.29 is 18.0 Å². The van der Waals surface area contributed by atoms with Crippen LogP contribution in [0.15, 0.2) is 66.0 Å². The first kappa shape index (κ1) is 20.2. The molecule has 2 aromatic carbocycles. The third-order valence-electron chi connectivity index (χ3n) is 3.60. The van der Waals surface area contributed by atoms with Crippen molar-refractivity contribution in [2.45, 2.75) is 17.1 Å². The van der Waals surface area contributed by atoms with Crippen molar-refractivity contribution in [1.82, 2.24) is 9.97 Å². The van der Waals surface area contributed by atoms with Gasteiger partial charge < -0.3 is 5.32 Å². The van der Waals surface area contributed by atoms with Gasteiger partial charge in [0.2, 0.25) is 0 Å². The van der Waals surface area contributed by atoms with Crippen LogP contribution in [0.4, 0.5) is 18.9 Å². The number of amides is 1. The number of aromatic nitrogens is 2. The lowest BCUT2D eigenvalue weighted by atomic mass is 10.2. The van der Waals surface area contributed by atoms with Crippen molar-refractivity contribution in [1.29, 1.82) is 0 Å². The van der Waals surface area contributed by atoms with Gasteiger partial charge in [0.15, 0.2) is 10.9 Å². The van der Waals surface area contributed by atoms with E-state index in [2.05, 4.69) is 15.3 Å². The normalized spacial score (nSPS) is 11.3. The molecule has 0 atom stereocenters. The van der Waals surface area contributed by atoms with E-state index < -0.39 is 17.6 Å². The molecule has 0 radical (unpaired) electrons. The molecule has 0 unspecified atom stereocenters. The minimum absolute atomic E-state index is 0.00649. The molecule has 28 heavy (non-hydrogen) atoms. The van der Waals surface area contributed by atoms with E-state index in [1.54, 1.807) is 0 Å². The second-order valence-electron chi connectivity index (χ2n) is 5.66. The van der Waals surface area contributed by atoms with Crippen LogP contribution < -0.4 is 5.32 Å². The molecule has 3 aromatic rings. The van der Waals surface area contributed by atoms with Crippen molar-refractivity contribution in [2.24, 2.45) is 0 Å². The molecule has 144 valence electrons. The zero-order valence-corrected chi connectivity index (χ0v) is 15.8. The van der Waals surface area contributed by atoms with Gasteiger partial charge in [-0.2, -0.15) is 13.2 Å². The number of thioether (sulfide) groups is 1. The van der Waals surface area contributed by atoms with Gasteiger partial charge in [0.05, 0.1) is 16.8 Å². The van der Waals surface area contributed by atoms with Crippen molar-refractivity contribution in [3.05, 3.63) is 82.6 Å². The van der Waals surface area contributed by atoms with E-state index in [9.17, 15) is 18.0 Å². The molecule has 9 heteroatoms. The predicted octanol–water partition coefficient (Wildman–Crippen LogP) is 5.69. The number of anilines is 1. The first-order valence-corrected chi connectivity index (χ1v) is 9.37. The number of carbonyl (C=O) groups excluding carboxylic acids is 1. The minimum atomic E-state index is -4.51. The maximum Gasteiger partial charge on any atom is 0.416 e. The number of hydrogen-bond donors (Lipinski definition) is 1. The third kappa shape index (κ3) is 5.24. The molecule has 1 amide bonds. The Hall–Kier alpha value is -2.58. The number of carbonyl (C=O) groups is 1. The molecule has 0 saturated heterocycles. The summed E-state index contributed by atoms with van der Waals surface area (Å²) in [5.74, 6) is -0.120. The zero-order valence-electron chi connectivity index (χ0n) is 14.2. The highest BCUT2D eigenvalue weighted by molar-refractivity contribution is 7.98. The second-order valence-corrected chi connectivity index (χ2v) is 7.01. The second kappa shape index (κ2) is 8.62. The Bertz CT molecular complexity index is 984. The lowest BCUT2D eigenvalue weighted by Gasteiger charge is -2.10. The maximum atomic E-state index is 12.8. The molecule has 4 nitrogen and oxygen atoms in total. The van der Waals surface area contributed by atoms with E-state index in [0.29, 0.717) is 10.9 Å². The first-order chi connectivity index (χ1) is 13.3. The van der Waals surface area contributed by atoms with Crippen LogP contribution >= 0.6 is 23.4 Å². The quantitative estimate of drug-likeness (QED) is 0.423. The van der Waals surface area contributed by atoms with E-state index in [0.717, 1.165) is 17.7 Å². The molecule has 0 saturated carbocycles. The summed E-state index contributed by atoms with van der Waals surface area (Å²) in [6, 6.07) is 14.0. The molecule has 0 aliphatic carbocycles. The van der Waals surface area contributed by atoms with Crippen LogP contribution in [0.5, 0.6) is 0 Å². The standard InChI is InChI=1S/C19H13ClF3N3OS/c20-15-10-24-18(28-11-12-5-2-1-3-6-12)26-16(15)17(27)25-14-8-4-7-13(9-14)19(21,22)23/h1-10H,11H2,(H,25,27). The Morgan fingerprint density at radius 3 is 2.57 bits per heavy atom. The first-order valence-electron chi connectivity index (χ1n) is 8.01. The van der Waals surface area contributed by atoms with E-state index in [-0.39, 0.29) is 16.4 Å². The molecule has 1 N–H and O–H groups in total. The number of halogens is 4. The van der Waals surface area contributed by atoms with Gasteiger partial charge in [-0.15, -0.1) is 0 Å². The summed E-state index contributed by atoms with van der Waals surface area (Å²) in [6.07, 6.45) is -3.21. The SMILES string of the molecule is O=C(Nc1cccc(C(F)(F)F)c1)c1nc(SCc2ccccc2)ncc1Cl. The Labute approximate surface area is 168 Å². The fourth-order valence-corrected chi connectivity index (χ4v) is 3.21. The number of rotatable bonds is 5. The number of benzene rings is 2. The summed E-state index contributed by atoms with van der Waals surface area (Å²) in [4.78, 5) is 20.7. The van der Waals surface area contributed by atoms with Crippen LogP contribution in [0.1, 0.15) is 21.6 Å². The largest absolute Gasteiger partial charge is 0.416 e. The number of nitrogens with zero attached hydrogens (tertiary/aromatic N) is 2. The number of alkyl halides is 3. The van der Waals surface area contributed by atoms with Crippen LogP contribution in [0.25, 0.3) is 0 Å². The Morgan fingerprint density at radius 1 is 1.11 bits per heavy atom. The molecule has 1 aromatic heterocycles. The Balaban J connectivity index is 1.74. The van der Waals surface area contributed by atoms with Gasteiger partial charge in [-0.25, -0.2) is 9.97 Å². The fraction of sp³-hybridized carbons (Fsp3) is 0.105. The molecule has 3 rings (SSSR count). The van der Waals surface area contributed by atoms with Crippen LogP contribution in [-0.4, -0.2) is 15.9 Å². The molecule has 0 bridgehead atoms. The van der Waals surface area contributed by atoms with Crippen molar-refractivity contribution in [3.63, 3.8) is 0 Å². The average Bonchev–Trinajstić information content (AvgIpc) is 2.67. The lowest BCUT2D eigenvalue weighted by Crippen LogP contribution is -2.16.